The number of imidazole rings is 1. The quantitative estimate of drug-likeness (QED) is 0.630. The molecule has 0 radical (unpaired) electrons. The molecular formula is C23H25F3N6O. The SMILES string of the molecule is CC1CN(CCOc2ccc(-c3cc4c(ncn4C)c(C#N)n3)cc2C(F)(F)F)CC(C)N1. The lowest BCUT2D eigenvalue weighted by molar-refractivity contribution is -0.138. The Morgan fingerprint density at radius 2 is 1.94 bits per heavy atom. The fourth-order valence-corrected chi connectivity index (χ4v) is 4.30. The summed E-state index contributed by atoms with van der Waals surface area (Å²) >= 11 is 0. The van der Waals surface area contributed by atoms with Crippen LogP contribution in [-0.2, 0) is 13.2 Å². The van der Waals surface area contributed by atoms with Gasteiger partial charge in [0.2, 0.25) is 0 Å². The molecule has 1 aliphatic rings. The molecule has 2 unspecified atom stereocenters. The average molecular weight is 458 g/mol. The molecule has 0 bridgehead atoms. The highest BCUT2D eigenvalue weighted by Gasteiger charge is 2.35. The third kappa shape index (κ3) is 4.94. The number of rotatable bonds is 5. The van der Waals surface area contributed by atoms with Crippen molar-refractivity contribution in [3.8, 4) is 23.1 Å². The van der Waals surface area contributed by atoms with E-state index in [0.717, 1.165) is 19.2 Å². The van der Waals surface area contributed by atoms with Crippen LogP contribution in [0.4, 0.5) is 13.2 Å². The topological polar surface area (TPSA) is 79.0 Å². The van der Waals surface area contributed by atoms with Gasteiger partial charge >= 0.3 is 6.18 Å². The minimum Gasteiger partial charge on any atom is -0.492 e. The van der Waals surface area contributed by atoms with Gasteiger partial charge in [-0.05, 0) is 38.1 Å². The molecule has 1 saturated heterocycles. The summed E-state index contributed by atoms with van der Waals surface area (Å²) in [6.45, 7) is 6.50. The first-order valence-corrected chi connectivity index (χ1v) is 10.7. The van der Waals surface area contributed by atoms with Gasteiger partial charge in [-0.15, -0.1) is 0 Å². The summed E-state index contributed by atoms with van der Waals surface area (Å²) in [7, 11) is 1.75. The first-order valence-electron chi connectivity index (χ1n) is 10.7. The van der Waals surface area contributed by atoms with Crippen molar-refractivity contribution >= 4 is 11.0 Å². The molecule has 2 atom stereocenters. The largest absolute Gasteiger partial charge is 0.492 e. The maximum Gasteiger partial charge on any atom is 0.419 e. The van der Waals surface area contributed by atoms with Gasteiger partial charge in [0.25, 0.3) is 0 Å². The van der Waals surface area contributed by atoms with Crippen molar-refractivity contribution in [2.45, 2.75) is 32.1 Å². The lowest BCUT2D eigenvalue weighted by atomic mass is 10.1. The molecule has 3 heterocycles. The fraction of sp³-hybridized carbons (Fsp3) is 0.435. The van der Waals surface area contributed by atoms with Gasteiger partial charge in [-0.25, -0.2) is 9.97 Å². The summed E-state index contributed by atoms with van der Waals surface area (Å²) in [6.07, 6.45) is -3.06. The van der Waals surface area contributed by atoms with Gasteiger partial charge in [-0.3, -0.25) is 4.90 Å². The van der Waals surface area contributed by atoms with Crippen LogP contribution in [0.25, 0.3) is 22.3 Å². The molecule has 33 heavy (non-hydrogen) atoms. The number of ether oxygens (including phenoxy) is 1. The molecule has 174 valence electrons. The Balaban J connectivity index is 1.59. The Hall–Kier alpha value is -3.16. The molecule has 0 aliphatic carbocycles. The van der Waals surface area contributed by atoms with Crippen molar-refractivity contribution in [1.82, 2.24) is 24.8 Å². The van der Waals surface area contributed by atoms with Crippen molar-refractivity contribution in [3.05, 3.63) is 41.9 Å². The van der Waals surface area contributed by atoms with Crippen LogP contribution in [-0.4, -0.2) is 57.8 Å². The van der Waals surface area contributed by atoms with Crippen LogP contribution in [0.3, 0.4) is 0 Å². The summed E-state index contributed by atoms with van der Waals surface area (Å²) in [5, 5.41) is 12.8. The van der Waals surface area contributed by atoms with E-state index in [1.807, 2.05) is 6.07 Å². The van der Waals surface area contributed by atoms with E-state index >= 15 is 0 Å². The van der Waals surface area contributed by atoms with Crippen molar-refractivity contribution in [1.29, 1.82) is 5.26 Å². The predicted molar refractivity (Wildman–Crippen MR) is 118 cm³/mol. The number of piperazine rings is 1. The maximum absolute atomic E-state index is 13.9. The highest BCUT2D eigenvalue weighted by molar-refractivity contribution is 5.84. The first-order chi connectivity index (χ1) is 15.7. The molecule has 2 aromatic heterocycles. The third-order valence-corrected chi connectivity index (χ3v) is 5.70. The zero-order valence-electron chi connectivity index (χ0n) is 18.6. The molecule has 10 heteroatoms. The number of nitriles is 1. The summed E-state index contributed by atoms with van der Waals surface area (Å²) in [5.41, 5.74) is 0.743. The van der Waals surface area contributed by atoms with Crippen LogP contribution in [0.15, 0.2) is 30.6 Å². The number of aromatic nitrogens is 3. The van der Waals surface area contributed by atoms with Crippen LogP contribution in [0.1, 0.15) is 25.1 Å². The van der Waals surface area contributed by atoms with Gasteiger partial charge in [0, 0.05) is 44.3 Å². The number of hydrogen-bond acceptors (Lipinski definition) is 6. The summed E-state index contributed by atoms with van der Waals surface area (Å²) in [6, 6.07) is 8.12. The first kappa shape index (κ1) is 23.0. The Morgan fingerprint density at radius 3 is 2.61 bits per heavy atom. The number of hydrogen-bond donors (Lipinski definition) is 1. The molecule has 0 spiro atoms. The van der Waals surface area contributed by atoms with E-state index in [1.165, 1.54) is 18.5 Å². The number of benzene rings is 1. The van der Waals surface area contributed by atoms with E-state index in [1.54, 1.807) is 17.7 Å². The Labute approximate surface area is 189 Å². The van der Waals surface area contributed by atoms with Gasteiger partial charge in [0.15, 0.2) is 5.69 Å². The zero-order valence-corrected chi connectivity index (χ0v) is 18.6. The highest BCUT2D eigenvalue weighted by atomic mass is 19.4. The Bertz CT molecular complexity index is 1190. The van der Waals surface area contributed by atoms with Gasteiger partial charge in [-0.2, -0.15) is 18.4 Å². The molecule has 1 N–H and O–H groups in total. The molecule has 7 nitrogen and oxygen atoms in total. The molecule has 1 fully saturated rings. The second-order valence-electron chi connectivity index (χ2n) is 8.48. The molecule has 0 amide bonds. The molecule has 1 aromatic carbocycles. The number of alkyl halides is 3. The second kappa shape index (κ2) is 9.00. The molecule has 3 aromatic rings. The van der Waals surface area contributed by atoms with E-state index in [2.05, 4.69) is 34.0 Å². The minimum absolute atomic E-state index is 0.0662. The number of pyridine rings is 1. The zero-order chi connectivity index (χ0) is 23.8. The lowest BCUT2D eigenvalue weighted by Crippen LogP contribution is -2.54. The maximum atomic E-state index is 13.9. The average Bonchev–Trinajstić information content (AvgIpc) is 3.13. The van der Waals surface area contributed by atoms with Crippen LogP contribution in [0.5, 0.6) is 5.75 Å². The van der Waals surface area contributed by atoms with Crippen molar-refractivity contribution < 1.29 is 17.9 Å². The smallest absolute Gasteiger partial charge is 0.419 e. The van der Waals surface area contributed by atoms with Gasteiger partial charge in [-0.1, -0.05) is 0 Å². The third-order valence-electron chi connectivity index (χ3n) is 5.70. The predicted octanol–water partition coefficient (Wildman–Crippen LogP) is 3.59. The normalized spacial score (nSPS) is 19.5. The fourth-order valence-electron chi connectivity index (χ4n) is 4.30. The minimum atomic E-state index is -4.60. The van der Waals surface area contributed by atoms with Crippen LogP contribution < -0.4 is 10.1 Å². The highest BCUT2D eigenvalue weighted by Crippen LogP contribution is 2.39. The number of halogens is 3. The van der Waals surface area contributed by atoms with Crippen LogP contribution >= 0.6 is 0 Å². The second-order valence-corrected chi connectivity index (χ2v) is 8.48. The molecule has 4 rings (SSSR count). The van der Waals surface area contributed by atoms with Gasteiger partial charge < -0.3 is 14.6 Å². The number of nitrogens with one attached hydrogen (secondary N) is 1. The van der Waals surface area contributed by atoms with Crippen molar-refractivity contribution in [2.75, 3.05) is 26.2 Å². The number of nitrogens with zero attached hydrogens (tertiary/aromatic N) is 5. The van der Waals surface area contributed by atoms with Crippen molar-refractivity contribution in [3.63, 3.8) is 0 Å². The summed E-state index contributed by atoms with van der Waals surface area (Å²) < 4.78 is 48.8. The Morgan fingerprint density at radius 1 is 1.21 bits per heavy atom. The van der Waals surface area contributed by atoms with E-state index in [-0.39, 0.29) is 29.3 Å². The lowest BCUT2D eigenvalue weighted by Gasteiger charge is -2.36. The van der Waals surface area contributed by atoms with E-state index in [9.17, 15) is 18.4 Å². The monoisotopic (exact) mass is 458 g/mol. The summed E-state index contributed by atoms with van der Waals surface area (Å²) in [4.78, 5) is 10.6. The van der Waals surface area contributed by atoms with Crippen LogP contribution in [0, 0.1) is 11.3 Å². The standard InChI is InChI=1S/C23H25F3N6O/c1-14-11-32(12-15(2)29-14)6-7-33-21-5-4-16(8-17(21)23(24,25)26)18-9-20-22(19(10-27)30-18)28-13-31(20)3/h4-5,8-9,13-15,29H,6-7,11-12H2,1-3H3. The molecule has 1 aliphatic heterocycles. The van der Waals surface area contributed by atoms with E-state index < -0.39 is 11.7 Å². The van der Waals surface area contributed by atoms with E-state index in [4.69, 9.17) is 4.74 Å². The Kier molecular flexibility index (Phi) is 6.28. The number of aryl methyl sites for hydroxylation is 1. The van der Waals surface area contributed by atoms with Crippen LogP contribution in [0.2, 0.25) is 0 Å². The van der Waals surface area contributed by atoms with Gasteiger partial charge in [0.05, 0.1) is 23.1 Å². The van der Waals surface area contributed by atoms with E-state index in [0.29, 0.717) is 29.7 Å². The number of fused-ring (bicyclic) bond motifs is 1. The summed E-state index contributed by atoms with van der Waals surface area (Å²) in [5.74, 6) is -0.218. The van der Waals surface area contributed by atoms with Gasteiger partial charge in [0.1, 0.15) is 23.9 Å². The molecular weight excluding hydrogens is 433 g/mol. The molecule has 0 saturated carbocycles. The van der Waals surface area contributed by atoms with Crippen molar-refractivity contribution in [2.24, 2.45) is 7.05 Å².